The van der Waals surface area contributed by atoms with Crippen molar-refractivity contribution in [2.75, 3.05) is 18.4 Å². The number of hydrogen-bond donors (Lipinski definition) is 2. The van der Waals surface area contributed by atoms with Gasteiger partial charge in [0, 0.05) is 67.0 Å². The van der Waals surface area contributed by atoms with E-state index in [1.54, 1.807) is 43.3 Å². The molecule has 3 amide bonds. The molecule has 3 aliphatic heterocycles. The standard InChI is InChI=1S/C29H31F2N9O3/c1-28(2,37-38-32)22-15-34-25-21(9-8-17(16-40(22)25)18-5-3-7-20(30)23(18)31)35-26(41)39-13-10-29(11-14-39)19-6-4-12-33-24(19)36-27(42)43-29/h3-7,12,15,17,21H,8-11,13-14,16H2,1-2H3,(H,35,41)(H,33,36,42)/t17-,21-/m1/s1. The van der Waals surface area contributed by atoms with Crippen molar-refractivity contribution in [1.29, 1.82) is 0 Å². The number of aromatic nitrogens is 3. The molecule has 2 aromatic heterocycles. The summed E-state index contributed by atoms with van der Waals surface area (Å²) in [5, 5.41) is 9.67. The molecule has 0 saturated carbocycles. The number of halogens is 2. The Labute approximate surface area is 246 Å². The van der Waals surface area contributed by atoms with Crippen LogP contribution in [0.4, 0.5) is 24.2 Å². The van der Waals surface area contributed by atoms with Gasteiger partial charge in [0.2, 0.25) is 0 Å². The summed E-state index contributed by atoms with van der Waals surface area (Å²) in [5.41, 5.74) is 8.95. The normalized spacial score (nSPS) is 21.0. The summed E-state index contributed by atoms with van der Waals surface area (Å²) in [6.07, 6.45) is 4.31. The lowest BCUT2D eigenvalue weighted by Gasteiger charge is -2.43. The van der Waals surface area contributed by atoms with Gasteiger partial charge < -0.3 is 19.5 Å². The van der Waals surface area contributed by atoms with E-state index in [0.717, 1.165) is 11.6 Å². The van der Waals surface area contributed by atoms with E-state index in [2.05, 4.69) is 30.6 Å². The Balaban J connectivity index is 1.25. The number of benzene rings is 1. The third-order valence-corrected chi connectivity index (χ3v) is 8.71. The predicted molar refractivity (Wildman–Crippen MR) is 151 cm³/mol. The molecule has 0 unspecified atom stereocenters. The van der Waals surface area contributed by atoms with Gasteiger partial charge in [-0.15, -0.1) is 0 Å². The van der Waals surface area contributed by atoms with Crippen molar-refractivity contribution in [3.63, 3.8) is 0 Å². The second kappa shape index (κ2) is 10.8. The van der Waals surface area contributed by atoms with Crippen LogP contribution in [0.15, 0.2) is 47.8 Å². The molecule has 2 N–H and O–H groups in total. The number of hydrogen-bond acceptors (Lipinski definition) is 6. The lowest BCUT2D eigenvalue weighted by atomic mass is 9.83. The zero-order chi connectivity index (χ0) is 30.4. The van der Waals surface area contributed by atoms with Gasteiger partial charge in [0.05, 0.1) is 11.6 Å². The van der Waals surface area contributed by atoms with Gasteiger partial charge in [0.15, 0.2) is 11.6 Å². The van der Waals surface area contributed by atoms with Gasteiger partial charge in [-0.3, -0.25) is 5.32 Å². The monoisotopic (exact) mass is 591 g/mol. The number of azide groups is 1. The van der Waals surface area contributed by atoms with Crippen LogP contribution in [0, 0.1) is 11.6 Å². The number of urea groups is 1. The molecule has 224 valence electrons. The van der Waals surface area contributed by atoms with E-state index < -0.39 is 40.8 Å². The molecule has 3 aromatic rings. The molecule has 1 aromatic carbocycles. The first-order chi connectivity index (χ1) is 20.6. The highest BCUT2D eigenvalue weighted by Gasteiger charge is 2.46. The summed E-state index contributed by atoms with van der Waals surface area (Å²) in [6, 6.07) is 6.94. The van der Waals surface area contributed by atoms with Gasteiger partial charge in [-0.1, -0.05) is 17.2 Å². The predicted octanol–water partition coefficient (Wildman–Crippen LogP) is 5.98. The maximum Gasteiger partial charge on any atom is 0.413 e. The fourth-order valence-electron chi connectivity index (χ4n) is 6.46. The number of likely N-dealkylation sites (tertiary alicyclic amines) is 1. The first-order valence-electron chi connectivity index (χ1n) is 14.2. The Morgan fingerprint density at radius 3 is 2.77 bits per heavy atom. The zero-order valence-corrected chi connectivity index (χ0v) is 23.8. The Bertz CT molecular complexity index is 1630. The van der Waals surface area contributed by atoms with Crippen LogP contribution >= 0.6 is 0 Å². The van der Waals surface area contributed by atoms with E-state index in [1.807, 2.05) is 10.6 Å². The number of fused-ring (bicyclic) bond motifs is 3. The van der Waals surface area contributed by atoms with E-state index in [4.69, 9.17) is 4.74 Å². The van der Waals surface area contributed by atoms with Crippen molar-refractivity contribution in [2.24, 2.45) is 5.11 Å². The fourth-order valence-corrected chi connectivity index (χ4v) is 6.46. The number of imidazole rings is 1. The van der Waals surface area contributed by atoms with E-state index in [0.29, 0.717) is 56.1 Å². The first kappa shape index (κ1) is 28.4. The third kappa shape index (κ3) is 5.11. The maximum absolute atomic E-state index is 14.9. The first-order valence-corrected chi connectivity index (χ1v) is 14.2. The molecule has 0 bridgehead atoms. The molecule has 3 aliphatic rings. The summed E-state index contributed by atoms with van der Waals surface area (Å²) < 4.78 is 36.7. The minimum Gasteiger partial charge on any atom is -0.437 e. The van der Waals surface area contributed by atoms with E-state index in [9.17, 15) is 23.9 Å². The van der Waals surface area contributed by atoms with Gasteiger partial charge in [-0.2, -0.15) is 0 Å². The lowest BCUT2D eigenvalue weighted by Crippen LogP contribution is -2.52. The highest BCUT2D eigenvalue weighted by molar-refractivity contribution is 5.87. The van der Waals surface area contributed by atoms with Crippen molar-refractivity contribution >= 4 is 17.9 Å². The smallest absolute Gasteiger partial charge is 0.413 e. The molecule has 1 saturated heterocycles. The summed E-state index contributed by atoms with van der Waals surface area (Å²) in [4.78, 5) is 39.4. The van der Waals surface area contributed by atoms with Crippen molar-refractivity contribution in [1.82, 2.24) is 24.8 Å². The SMILES string of the molecule is CC(C)(N=[N+]=[N-])c1cnc2n1C[C@H](c1cccc(F)c1F)CC[C@H]2NC(=O)N1CCC2(CC1)OC(=O)Nc1ncccc12. The Morgan fingerprint density at radius 1 is 1.21 bits per heavy atom. The van der Waals surface area contributed by atoms with E-state index in [1.165, 1.54) is 6.07 Å². The minimum absolute atomic E-state index is 0.242. The topological polar surface area (TPSA) is 150 Å². The van der Waals surface area contributed by atoms with Crippen LogP contribution in [0.25, 0.3) is 10.4 Å². The number of pyridine rings is 1. The second-order valence-electron chi connectivity index (χ2n) is 11.7. The molecular weight excluding hydrogens is 560 g/mol. The molecule has 12 nitrogen and oxygen atoms in total. The average molecular weight is 592 g/mol. The zero-order valence-electron chi connectivity index (χ0n) is 23.8. The number of rotatable bonds is 4. The van der Waals surface area contributed by atoms with Gasteiger partial charge >= 0.3 is 12.1 Å². The second-order valence-corrected chi connectivity index (χ2v) is 11.7. The summed E-state index contributed by atoms with van der Waals surface area (Å²) in [7, 11) is 0. The summed E-state index contributed by atoms with van der Waals surface area (Å²) in [5.74, 6) is -1.22. The molecule has 6 rings (SSSR count). The van der Waals surface area contributed by atoms with Crippen LogP contribution < -0.4 is 10.6 Å². The highest BCUT2D eigenvalue weighted by atomic mass is 19.2. The summed E-state index contributed by atoms with van der Waals surface area (Å²) in [6.45, 7) is 4.43. The molecule has 1 spiro atoms. The largest absolute Gasteiger partial charge is 0.437 e. The number of anilines is 1. The Kier molecular flexibility index (Phi) is 7.17. The van der Waals surface area contributed by atoms with Crippen molar-refractivity contribution in [2.45, 2.75) is 69.2 Å². The van der Waals surface area contributed by atoms with E-state index in [-0.39, 0.29) is 18.1 Å². The van der Waals surface area contributed by atoms with Crippen LogP contribution in [-0.4, -0.2) is 44.6 Å². The van der Waals surface area contributed by atoms with Crippen LogP contribution in [0.5, 0.6) is 0 Å². The number of nitrogens with zero attached hydrogens (tertiary/aromatic N) is 7. The number of nitrogens with one attached hydrogen (secondary N) is 2. The Morgan fingerprint density at radius 2 is 2.00 bits per heavy atom. The Hall–Kier alpha value is -4.71. The fraction of sp³-hybridized carbons (Fsp3) is 0.448. The number of ether oxygens (including phenoxy) is 1. The molecule has 2 atom stereocenters. The van der Waals surface area contributed by atoms with Crippen LogP contribution in [0.2, 0.25) is 0 Å². The van der Waals surface area contributed by atoms with Crippen molar-refractivity contribution in [3.8, 4) is 0 Å². The van der Waals surface area contributed by atoms with Gasteiger partial charge in [0.1, 0.15) is 17.2 Å². The number of piperidine rings is 1. The third-order valence-electron chi connectivity index (χ3n) is 8.71. The molecule has 0 radical (unpaired) electrons. The van der Waals surface area contributed by atoms with Crippen LogP contribution in [-0.2, 0) is 22.4 Å². The lowest BCUT2D eigenvalue weighted by molar-refractivity contribution is -0.0308. The maximum atomic E-state index is 14.9. The highest BCUT2D eigenvalue weighted by Crippen LogP contribution is 2.43. The molecule has 14 heteroatoms. The van der Waals surface area contributed by atoms with Crippen molar-refractivity contribution < 1.29 is 23.1 Å². The van der Waals surface area contributed by atoms with Gasteiger partial charge in [-0.05, 0) is 56.0 Å². The molecule has 1 fully saturated rings. The molecule has 0 aliphatic carbocycles. The van der Waals surface area contributed by atoms with E-state index >= 15 is 0 Å². The van der Waals surface area contributed by atoms with Crippen LogP contribution in [0.1, 0.15) is 74.1 Å². The molecular formula is C29H31F2N9O3. The molecule has 5 heterocycles. The number of carbonyl (C=O) groups excluding carboxylic acids is 2. The molecule has 43 heavy (non-hydrogen) atoms. The minimum atomic E-state index is -0.984. The van der Waals surface area contributed by atoms with Crippen LogP contribution in [0.3, 0.4) is 0 Å². The number of carbonyl (C=O) groups is 2. The summed E-state index contributed by atoms with van der Waals surface area (Å²) >= 11 is 0. The van der Waals surface area contributed by atoms with Crippen molar-refractivity contribution in [3.05, 3.63) is 87.4 Å². The average Bonchev–Trinajstić information content (AvgIpc) is 3.33. The van der Waals surface area contributed by atoms with Gasteiger partial charge in [0.25, 0.3) is 0 Å². The van der Waals surface area contributed by atoms with Gasteiger partial charge in [-0.25, -0.2) is 28.3 Å². The quantitative estimate of drug-likeness (QED) is 0.217. The number of amides is 3.